The maximum atomic E-state index is 5.81. The number of hydrogen-bond donors (Lipinski definition) is 1. The van der Waals surface area contributed by atoms with Gasteiger partial charge in [0.2, 0.25) is 5.82 Å². The van der Waals surface area contributed by atoms with Gasteiger partial charge in [-0.1, -0.05) is 74.5 Å². The number of nitrogens with one attached hydrogen (secondary N) is 1. The largest absolute Gasteiger partial charge is 0.351 e. The lowest BCUT2D eigenvalue weighted by molar-refractivity contribution is 0.396. The molecular weight excluding hydrogens is 416 g/mol. The van der Waals surface area contributed by atoms with Crippen LogP contribution in [-0.4, -0.2) is 26.7 Å². The van der Waals surface area contributed by atoms with Crippen molar-refractivity contribution in [2.75, 3.05) is 6.54 Å². The fourth-order valence-corrected chi connectivity index (χ4v) is 4.43. The molecule has 5 nitrogen and oxygen atoms in total. The van der Waals surface area contributed by atoms with Crippen molar-refractivity contribution in [1.82, 2.24) is 20.4 Å². The Balaban J connectivity index is 1.77. The number of hydrogen-bond acceptors (Lipinski definition) is 4. The number of aryl methyl sites for hydroxylation is 2. The molecule has 1 aliphatic heterocycles. The first-order valence-electron chi connectivity index (χ1n) is 11.4. The van der Waals surface area contributed by atoms with E-state index < -0.39 is 0 Å². The molecule has 32 heavy (non-hydrogen) atoms. The molecule has 1 aliphatic rings. The quantitative estimate of drug-likeness (QED) is 0.454. The average Bonchev–Trinajstić information content (AvgIpc) is 3.31. The Labute approximate surface area is 195 Å². The van der Waals surface area contributed by atoms with Crippen molar-refractivity contribution < 1.29 is 4.52 Å². The molecule has 166 valence electrons. The first-order chi connectivity index (χ1) is 15.5. The highest BCUT2D eigenvalue weighted by Gasteiger charge is 2.33. The highest BCUT2D eigenvalue weighted by Crippen LogP contribution is 2.37. The Hall–Kier alpha value is -2.99. The van der Waals surface area contributed by atoms with Gasteiger partial charge in [0.25, 0.3) is 5.89 Å². The van der Waals surface area contributed by atoms with Crippen LogP contribution in [0.2, 0.25) is 0 Å². The van der Waals surface area contributed by atoms with Gasteiger partial charge < -0.3 is 14.7 Å². The van der Waals surface area contributed by atoms with Crippen LogP contribution in [0.3, 0.4) is 0 Å². The average molecular weight is 447 g/mol. The second-order valence-corrected chi connectivity index (χ2v) is 8.49. The molecular formula is C26H30N4OS. The number of aromatic nitrogens is 2. The van der Waals surface area contributed by atoms with Gasteiger partial charge in [-0.05, 0) is 55.1 Å². The van der Waals surface area contributed by atoms with E-state index in [0.717, 1.165) is 53.3 Å². The molecule has 0 aliphatic carbocycles. The lowest BCUT2D eigenvalue weighted by Gasteiger charge is -2.37. The van der Waals surface area contributed by atoms with E-state index in [1.54, 1.807) is 0 Å². The fraction of sp³-hybridized carbons (Fsp3) is 0.346. The van der Waals surface area contributed by atoms with Crippen LogP contribution in [0.5, 0.6) is 0 Å². The predicted octanol–water partition coefficient (Wildman–Crippen LogP) is 5.93. The number of allylic oxidation sites excluding steroid dienone is 1. The number of benzene rings is 2. The molecule has 0 bridgehead atoms. The lowest BCUT2D eigenvalue weighted by Crippen LogP contribution is -2.46. The van der Waals surface area contributed by atoms with Crippen LogP contribution in [0.4, 0.5) is 0 Å². The van der Waals surface area contributed by atoms with Gasteiger partial charge >= 0.3 is 0 Å². The van der Waals surface area contributed by atoms with E-state index in [1.807, 2.05) is 12.1 Å². The van der Waals surface area contributed by atoms with E-state index in [9.17, 15) is 0 Å². The van der Waals surface area contributed by atoms with Crippen molar-refractivity contribution in [3.05, 3.63) is 76.8 Å². The first-order valence-corrected chi connectivity index (χ1v) is 11.8. The zero-order chi connectivity index (χ0) is 22.7. The Morgan fingerprint density at radius 1 is 0.969 bits per heavy atom. The third kappa shape index (κ3) is 4.32. The topological polar surface area (TPSA) is 54.2 Å². The molecule has 0 fully saturated rings. The second-order valence-electron chi connectivity index (χ2n) is 8.10. The molecule has 0 amide bonds. The summed E-state index contributed by atoms with van der Waals surface area (Å²) in [5, 5.41) is 8.55. The minimum Gasteiger partial charge on any atom is -0.351 e. The zero-order valence-corrected chi connectivity index (χ0v) is 20.0. The molecule has 0 saturated carbocycles. The molecule has 1 N–H and O–H groups in total. The van der Waals surface area contributed by atoms with Crippen LogP contribution in [0, 0.1) is 0 Å². The summed E-state index contributed by atoms with van der Waals surface area (Å²) >= 11 is 5.72. The summed E-state index contributed by atoms with van der Waals surface area (Å²) in [5.41, 5.74) is 6.69. The van der Waals surface area contributed by atoms with Gasteiger partial charge in [-0.3, -0.25) is 0 Å². The van der Waals surface area contributed by atoms with Gasteiger partial charge in [0.1, 0.15) is 0 Å². The molecule has 2 aromatic carbocycles. The molecule has 4 rings (SSSR count). The van der Waals surface area contributed by atoms with Crippen LogP contribution in [0.15, 0.2) is 58.8 Å². The van der Waals surface area contributed by atoms with Gasteiger partial charge in [-0.2, -0.15) is 4.98 Å². The summed E-state index contributed by atoms with van der Waals surface area (Å²) in [5.74, 6) is 1.12. The molecule has 1 atom stereocenters. The summed E-state index contributed by atoms with van der Waals surface area (Å²) in [4.78, 5) is 6.92. The van der Waals surface area contributed by atoms with Crippen LogP contribution in [0.1, 0.15) is 62.7 Å². The Kier molecular flexibility index (Phi) is 6.70. The number of thiocarbonyl (C=S) groups is 1. The van der Waals surface area contributed by atoms with Crippen molar-refractivity contribution in [2.45, 2.75) is 53.0 Å². The van der Waals surface area contributed by atoms with Gasteiger partial charge in [-0.25, -0.2) is 0 Å². The first kappa shape index (κ1) is 22.2. The van der Waals surface area contributed by atoms with Crippen LogP contribution in [0.25, 0.3) is 17.0 Å². The van der Waals surface area contributed by atoms with E-state index in [-0.39, 0.29) is 6.04 Å². The summed E-state index contributed by atoms with van der Waals surface area (Å²) in [6, 6.07) is 16.8. The smallest absolute Gasteiger partial charge is 0.258 e. The van der Waals surface area contributed by atoms with E-state index in [1.165, 1.54) is 11.1 Å². The monoisotopic (exact) mass is 446 g/mol. The third-order valence-electron chi connectivity index (χ3n) is 6.04. The van der Waals surface area contributed by atoms with E-state index in [4.69, 9.17) is 21.7 Å². The third-order valence-corrected chi connectivity index (χ3v) is 6.38. The van der Waals surface area contributed by atoms with Crippen LogP contribution < -0.4 is 5.32 Å². The highest BCUT2D eigenvalue weighted by molar-refractivity contribution is 7.80. The molecule has 0 spiro atoms. The van der Waals surface area contributed by atoms with Crippen molar-refractivity contribution >= 4 is 22.9 Å². The van der Waals surface area contributed by atoms with Gasteiger partial charge in [0, 0.05) is 17.8 Å². The standard InChI is InChI=1S/C26H30N4OS/c1-5-16-30-17(4)22(23(27-26(30)32)20-12-8-18(6-2)9-13-20)25-28-24(29-31-25)21-14-10-19(7-3)11-15-21/h8-15,23H,5-7,16H2,1-4H3,(H,27,32). The molecule has 1 aromatic heterocycles. The molecule has 0 saturated heterocycles. The SMILES string of the molecule is CCCN1C(=S)NC(c2ccc(CC)cc2)C(c2nc(-c3ccc(CC)cc3)no2)=C1C. The number of rotatable bonds is 7. The van der Waals surface area contributed by atoms with E-state index in [0.29, 0.717) is 11.7 Å². The van der Waals surface area contributed by atoms with Crippen molar-refractivity contribution in [3.8, 4) is 11.4 Å². The van der Waals surface area contributed by atoms with Crippen molar-refractivity contribution in [3.63, 3.8) is 0 Å². The Bertz CT molecular complexity index is 1120. The Morgan fingerprint density at radius 3 is 2.19 bits per heavy atom. The Morgan fingerprint density at radius 2 is 1.59 bits per heavy atom. The van der Waals surface area contributed by atoms with E-state index in [2.05, 4.69) is 79.5 Å². The van der Waals surface area contributed by atoms with Crippen molar-refractivity contribution in [1.29, 1.82) is 0 Å². The van der Waals surface area contributed by atoms with E-state index >= 15 is 0 Å². The fourth-order valence-electron chi connectivity index (χ4n) is 4.09. The minimum absolute atomic E-state index is 0.141. The summed E-state index contributed by atoms with van der Waals surface area (Å²) in [7, 11) is 0. The van der Waals surface area contributed by atoms with Gasteiger partial charge in [0.05, 0.1) is 11.6 Å². The van der Waals surface area contributed by atoms with Crippen LogP contribution in [-0.2, 0) is 12.8 Å². The minimum atomic E-state index is -0.141. The molecule has 6 heteroatoms. The highest BCUT2D eigenvalue weighted by atomic mass is 32.1. The van der Waals surface area contributed by atoms with Crippen molar-refractivity contribution in [2.24, 2.45) is 0 Å². The van der Waals surface area contributed by atoms with Crippen LogP contribution >= 0.6 is 12.2 Å². The number of nitrogens with zero attached hydrogens (tertiary/aromatic N) is 3. The molecule has 3 aromatic rings. The normalized spacial score (nSPS) is 16.4. The molecule has 1 unspecified atom stereocenters. The summed E-state index contributed by atoms with van der Waals surface area (Å²) in [6.45, 7) is 9.38. The summed E-state index contributed by atoms with van der Waals surface area (Å²) < 4.78 is 5.81. The molecule has 2 heterocycles. The maximum absolute atomic E-state index is 5.81. The molecule has 0 radical (unpaired) electrons. The lowest BCUT2D eigenvalue weighted by atomic mass is 9.94. The van der Waals surface area contributed by atoms with Gasteiger partial charge in [-0.15, -0.1) is 0 Å². The predicted molar refractivity (Wildman–Crippen MR) is 133 cm³/mol. The summed E-state index contributed by atoms with van der Waals surface area (Å²) in [6.07, 6.45) is 3.00. The zero-order valence-electron chi connectivity index (χ0n) is 19.2. The van der Waals surface area contributed by atoms with Gasteiger partial charge in [0.15, 0.2) is 5.11 Å². The maximum Gasteiger partial charge on any atom is 0.258 e. The second kappa shape index (κ2) is 9.65.